The molecule has 0 aromatic heterocycles. The molecule has 0 fully saturated rings. The SMILES string of the molecule is O=C(OC1=CCCCC1)c1ccccc1C(=O)OC1=CCCCC1. The zero-order valence-corrected chi connectivity index (χ0v) is 13.8. The van der Waals surface area contributed by atoms with E-state index in [0.717, 1.165) is 51.4 Å². The van der Waals surface area contributed by atoms with Gasteiger partial charge in [0, 0.05) is 12.8 Å². The van der Waals surface area contributed by atoms with Crippen LogP contribution in [0.15, 0.2) is 47.9 Å². The second kappa shape index (κ2) is 7.95. The molecule has 2 aliphatic carbocycles. The van der Waals surface area contributed by atoms with Crippen molar-refractivity contribution in [2.45, 2.75) is 51.4 Å². The molecule has 0 saturated carbocycles. The molecule has 0 unspecified atom stereocenters. The van der Waals surface area contributed by atoms with Crippen molar-refractivity contribution in [1.82, 2.24) is 0 Å². The van der Waals surface area contributed by atoms with Gasteiger partial charge in [-0.1, -0.05) is 12.1 Å². The van der Waals surface area contributed by atoms with E-state index in [1.165, 1.54) is 0 Å². The number of allylic oxidation sites excluding steroid dienone is 4. The van der Waals surface area contributed by atoms with E-state index in [1.54, 1.807) is 24.3 Å². The highest BCUT2D eigenvalue weighted by molar-refractivity contribution is 6.03. The molecule has 126 valence electrons. The lowest BCUT2D eigenvalue weighted by atomic mass is 10.1. The molecule has 3 rings (SSSR count). The van der Waals surface area contributed by atoms with Crippen LogP contribution in [0.1, 0.15) is 72.1 Å². The lowest BCUT2D eigenvalue weighted by Crippen LogP contribution is -2.15. The Hall–Kier alpha value is -2.36. The number of hydrogen-bond acceptors (Lipinski definition) is 4. The van der Waals surface area contributed by atoms with Gasteiger partial charge in [-0.05, 0) is 62.8 Å². The van der Waals surface area contributed by atoms with E-state index in [-0.39, 0.29) is 11.1 Å². The van der Waals surface area contributed by atoms with Crippen molar-refractivity contribution < 1.29 is 19.1 Å². The normalized spacial score (nSPS) is 17.5. The van der Waals surface area contributed by atoms with Gasteiger partial charge in [0.1, 0.15) is 11.5 Å². The van der Waals surface area contributed by atoms with Crippen LogP contribution >= 0.6 is 0 Å². The van der Waals surface area contributed by atoms with Gasteiger partial charge in [0.05, 0.1) is 11.1 Å². The maximum absolute atomic E-state index is 12.4. The summed E-state index contributed by atoms with van der Waals surface area (Å²) < 4.78 is 10.9. The summed E-state index contributed by atoms with van der Waals surface area (Å²) >= 11 is 0. The first-order valence-corrected chi connectivity index (χ1v) is 8.65. The van der Waals surface area contributed by atoms with Crippen LogP contribution in [0, 0.1) is 0 Å². The maximum Gasteiger partial charge on any atom is 0.344 e. The van der Waals surface area contributed by atoms with Crippen LogP contribution < -0.4 is 0 Å². The molecule has 0 saturated heterocycles. The second-order valence-corrected chi connectivity index (χ2v) is 6.16. The molecule has 0 bridgehead atoms. The Morgan fingerprint density at radius 2 is 1.17 bits per heavy atom. The van der Waals surface area contributed by atoms with Gasteiger partial charge < -0.3 is 9.47 Å². The first-order valence-electron chi connectivity index (χ1n) is 8.65. The minimum absolute atomic E-state index is 0.255. The lowest BCUT2D eigenvalue weighted by Gasteiger charge is -2.15. The maximum atomic E-state index is 12.4. The van der Waals surface area contributed by atoms with Crippen molar-refractivity contribution in [3.63, 3.8) is 0 Å². The number of rotatable bonds is 4. The number of ether oxygens (including phenoxy) is 2. The minimum Gasteiger partial charge on any atom is -0.428 e. The van der Waals surface area contributed by atoms with E-state index in [0.29, 0.717) is 11.5 Å². The predicted octanol–water partition coefficient (Wildman–Crippen LogP) is 4.92. The number of carbonyl (C=O) groups is 2. The summed E-state index contributed by atoms with van der Waals surface area (Å²) in [5.41, 5.74) is 0.510. The van der Waals surface area contributed by atoms with Crippen molar-refractivity contribution in [2.75, 3.05) is 0 Å². The van der Waals surface area contributed by atoms with E-state index < -0.39 is 11.9 Å². The van der Waals surface area contributed by atoms with E-state index in [9.17, 15) is 9.59 Å². The largest absolute Gasteiger partial charge is 0.428 e. The fraction of sp³-hybridized carbons (Fsp3) is 0.400. The van der Waals surface area contributed by atoms with E-state index in [1.807, 2.05) is 12.2 Å². The summed E-state index contributed by atoms with van der Waals surface area (Å²) in [5, 5.41) is 0. The summed E-state index contributed by atoms with van der Waals surface area (Å²) in [4.78, 5) is 24.9. The van der Waals surface area contributed by atoms with Gasteiger partial charge in [0.15, 0.2) is 0 Å². The minimum atomic E-state index is -0.492. The number of carbonyl (C=O) groups excluding carboxylic acids is 2. The smallest absolute Gasteiger partial charge is 0.344 e. The fourth-order valence-corrected chi connectivity index (χ4v) is 2.99. The highest BCUT2D eigenvalue weighted by Gasteiger charge is 2.22. The van der Waals surface area contributed by atoms with Gasteiger partial charge >= 0.3 is 11.9 Å². The molecular weight excluding hydrogens is 304 g/mol. The van der Waals surface area contributed by atoms with E-state index in [4.69, 9.17) is 9.47 Å². The standard InChI is InChI=1S/C20H22O4/c21-19(23-15-9-3-1-4-10-15)17-13-7-8-14-18(17)20(22)24-16-11-5-2-6-12-16/h7-9,11,13-14H,1-6,10,12H2. The summed E-state index contributed by atoms with van der Waals surface area (Å²) in [5.74, 6) is 0.412. The number of benzene rings is 1. The Morgan fingerprint density at radius 1 is 0.708 bits per heavy atom. The zero-order valence-electron chi connectivity index (χ0n) is 13.8. The fourth-order valence-electron chi connectivity index (χ4n) is 2.99. The highest BCUT2D eigenvalue weighted by atomic mass is 16.5. The molecule has 0 radical (unpaired) electrons. The van der Waals surface area contributed by atoms with Gasteiger partial charge in [0.2, 0.25) is 0 Å². The second-order valence-electron chi connectivity index (χ2n) is 6.16. The van der Waals surface area contributed by atoms with E-state index in [2.05, 4.69) is 0 Å². The average Bonchev–Trinajstić information content (AvgIpc) is 2.63. The molecule has 0 aliphatic heterocycles. The zero-order chi connectivity index (χ0) is 16.8. The van der Waals surface area contributed by atoms with Crippen molar-refractivity contribution in [3.05, 3.63) is 59.1 Å². The third kappa shape index (κ3) is 4.13. The van der Waals surface area contributed by atoms with Crippen molar-refractivity contribution in [1.29, 1.82) is 0 Å². The van der Waals surface area contributed by atoms with Crippen LogP contribution in [0.25, 0.3) is 0 Å². The van der Waals surface area contributed by atoms with Gasteiger partial charge in [-0.2, -0.15) is 0 Å². The molecule has 0 N–H and O–H groups in total. The van der Waals surface area contributed by atoms with Crippen LogP contribution in [0.2, 0.25) is 0 Å². The average molecular weight is 326 g/mol. The molecule has 0 atom stereocenters. The predicted molar refractivity (Wildman–Crippen MR) is 90.4 cm³/mol. The van der Waals surface area contributed by atoms with Gasteiger partial charge in [-0.25, -0.2) is 9.59 Å². The van der Waals surface area contributed by atoms with Gasteiger partial charge in [-0.3, -0.25) is 0 Å². The number of hydrogen-bond donors (Lipinski definition) is 0. The molecule has 2 aliphatic rings. The summed E-state index contributed by atoms with van der Waals surface area (Å²) in [6.07, 6.45) is 11.6. The van der Waals surface area contributed by atoms with Crippen LogP contribution in [-0.2, 0) is 9.47 Å². The highest BCUT2D eigenvalue weighted by Crippen LogP contribution is 2.23. The Balaban J connectivity index is 1.74. The molecule has 1 aromatic rings. The third-order valence-electron chi connectivity index (χ3n) is 4.31. The van der Waals surface area contributed by atoms with Crippen LogP contribution in [0.3, 0.4) is 0 Å². The van der Waals surface area contributed by atoms with Crippen molar-refractivity contribution in [3.8, 4) is 0 Å². The van der Waals surface area contributed by atoms with Crippen LogP contribution in [-0.4, -0.2) is 11.9 Å². The van der Waals surface area contributed by atoms with Gasteiger partial charge in [0.25, 0.3) is 0 Å². The molecule has 1 aromatic carbocycles. The Bertz CT molecular complexity index is 626. The molecule has 0 amide bonds. The molecule has 0 heterocycles. The molecular formula is C20H22O4. The molecule has 24 heavy (non-hydrogen) atoms. The summed E-state index contributed by atoms with van der Waals surface area (Å²) in [7, 11) is 0. The molecule has 4 heteroatoms. The first kappa shape index (κ1) is 16.5. The first-order chi connectivity index (χ1) is 11.7. The topological polar surface area (TPSA) is 52.6 Å². The Morgan fingerprint density at radius 3 is 1.54 bits per heavy atom. The van der Waals surface area contributed by atoms with Gasteiger partial charge in [-0.15, -0.1) is 0 Å². The summed E-state index contributed by atoms with van der Waals surface area (Å²) in [6.45, 7) is 0. The monoisotopic (exact) mass is 326 g/mol. The summed E-state index contributed by atoms with van der Waals surface area (Å²) in [6, 6.07) is 6.67. The third-order valence-corrected chi connectivity index (χ3v) is 4.31. The molecule has 4 nitrogen and oxygen atoms in total. The van der Waals surface area contributed by atoms with Crippen LogP contribution in [0.4, 0.5) is 0 Å². The lowest BCUT2D eigenvalue weighted by molar-refractivity contribution is 0.0562. The Kier molecular flexibility index (Phi) is 5.47. The molecule has 0 spiro atoms. The quantitative estimate of drug-likeness (QED) is 0.737. The van der Waals surface area contributed by atoms with Crippen molar-refractivity contribution >= 4 is 11.9 Å². The van der Waals surface area contributed by atoms with E-state index >= 15 is 0 Å². The van der Waals surface area contributed by atoms with Crippen LogP contribution in [0.5, 0.6) is 0 Å². The Labute approximate surface area is 142 Å². The number of esters is 2. The van der Waals surface area contributed by atoms with Crippen molar-refractivity contribution in [2.24, 2.45) is 0 Å².